The molecule has 226 valence electrons. The van der Waals surface area contributed by atoms with Gasteiger partial charge in [0.1, 0.15) is 0 Å². The van der Waals surface area contributed by atoms with Crippen LogP contribution in [0.5, 0.6) is 0 Å². The van der Waals surface area contributed by atoms with Crippen molar-refractivity contribution in [3.05, 3.63) is 106 Å². The third-order valence-electron chi connectivity index (χ3n) is 8.74. The molecule has 0 aromatic heterocycles. The summed E-state index contributed by atoms with van der Waals surface area (Å²) in [4.78, 5) is 13.1. The Morgan fingerprint density at radius 1 is 0.976 bits per heavy atom. The van der Waals surface area contributed by atoms with E-state index in [4.69, 9.17) is 0 Å². The second kappa shape index (κ2) is 17.8. The van der Waals surface area contributed by atoms with Gasteiger partial charge in [-0.3, -0.25) is 4.79 Å². The first-order valence-corrected chi connectivity index (χ1v) is 16.1. The summed E-state index contributed by atoms with van der Waals surface area (Å²) in [6, 6.07) is 9.55. The second-order valence-corrected chi connectivity index (χ2v) is 11.3. The standard InChI is InChI=1S/C34H41NO.2C2H6.CH4.H2/c1-24(14-15-26-10-6-5-7-11-26)28-18-16-27(17-19-28)20-33-25(2)31-22-34(36)32(21-30(31)23-35-33)29-12-8-3-4-9-13-29;2*1-2;;/h3,8-9,12-13,16-19,21,23-24,26,33,35H,4-7,10-11,14-15,20,22H2,1-2H3;2*1-2H3;1H4;1H. The summed E-state index contributed by atoms with van der Waals surface area (Å²) in [7, 11) is 0. The smallest absolute Gasteiger partial charge is 0.167 e. The highest BCUT2D eigenvalue weighted by molar-refractivity contribution is 6.04. The molecule has 1 aromatic rings. The number of ketones is 1. The number of carbonyl (C=O) groups is 1. The second-order valence-electron chi connectivity index (χ2n) is 11.3. The fourth-order valence-corrected chi connectivity index (χ4v) is 6.26. The molecule has 3 aliphatic carbocycles. The van der Waals surface area contributed by atoms with Crippen LogP contribution in [0, 0.1) is 5.92 Å². The third-order valence-corrected chi connectivity index (χ3v) is 8.74. The van der Waals surface area contributed by atoms with Crippen molar-refractivity contribution in [1.82, 2.24) is 5.32 Å². The molecule has 1 N–H and O–H groups in total. The van der Waals surface area contributed by atoms with Gasteiger partial charge in [-0.05, 0) is 83.9 Å². The van der Waals surface area contributed by atoms with Crippen molar-refractivity contribution in [1.29, 1.82) is 0 Å². The van der Waals surface area contributed by atoms with E-state index in [1.54, 1.807) is 0 Å². The van der Waals surface area contributed by atoms with Crippen molar-refractivity contribution in [2.45, 2.75) is 125 Å². The van der Waals surface area contributed by atoms with Crippen molar-refractivity contribution in [2.75, 3.05) is 0 Å². The summed E-state index contributed by atoms with van der Waals surface area (Å²) in [5, 5.41) is 3.63. The van der Waals surface area contributed by atoms with E-state index in [2.05, 4.69) is 80.0 Å². The fraction of sp³-hybridized carbons (Fsp3) is 0.513. The third kappa shape index (κ3) is 9.32. The van der Waals surface area contributed by atoms with Crippen molar-refractivity contribution in [3.63, 3.8) is 0 Å². The minimum absolute atomic E-state index is 0. The summed E-state index contributed by atoms with van der Waals surface area (Å²) >= 11 is 0. The molecule has 1 fully saturated rings. The lowest BCUT2D eigenvalue weighted by molar-refractivity contribution is -0.114. The van der Waals surface area contributed by atoms with Gasteiger partial charge in [0.2, 0.25) is 0 Å². The molecule has 5 rings (SSSR count). The maximum atomic E-state index is 13.1. The molecule has 0 bridgehead atoms. The lowest BCUT2D eigenvalue weighted by Gasteiger charge is -2.30. The summed E-state index contributed by atoms with van der Waals surface area (Å²) < 4.78 is 0. The van der Waals surface area contributed by atoms with Crippen LogP contribution in [-0.4, -0.2) is 11.8 Å². The van der Waals surface area contributed by atoms with Gasteiger partial charge in [0.25, 0.3) is 0 Å². The molecule has 2 unspecified atom stereocenters. The number of dihydropyridines is 1. The van der Waals surface area contributed by atoms with Gasteiger partial charge in [-0.25, -0.2) is 0 Å². The van der Waals surface area contributed by atoms with Crippen molar-refractivity contribution in [2.24, 2.45) is 5.92 Å². The number of nitrogens with one attached hydrogen (secondary N) is 1. The zero-order chi connectivity index (χ0) is 28.9. The van der Waals surface area contributed by atoms with E-state index in [1.165, 1.54) is 67.2 Å². The SMILES string of the molecule is C.CC.CC.CC1=C2CC(=O)C(C3=CC=CCC=C3)=CC2=CNC1Cc1ccc(C(C)CCC2CCCCC2)cc1.[HH]. The fourth-order valence-electron chi connectivity index (χ4n) is 6.26. The van der Waals surface area contributed by atoms with Gasteiger partial charge in [-0.15, -0.1) is 0 Å². The zero-order valence-corrected chi connectivity index (χ0v) is 26.1. The number of allylic oxidation sites excluding steroid dienone is 10. The quantitative estimate of drug-likeness (QED) is 0.361. The van der Waals surface area contributed by atoms with E-state index < -0.39 is 0 Å². The largest absolute Gasteiger partial charge is 0.384 e. The number of rotatable bonds is 7. The highest BCUT2D eigenvalue weighted by Crippen LogP contribution is 2.35. The summed E-state index contributed by atoms with van der Waals surface area (Å²) in [6.45, 7) is 12.6. The van der Waals surface area contributed by atoms with Crippen LogP contribution in [0.3, 0.4) is 0 Å². The number of carbonyl (C=O) groups excluding carboxylic acids is 1. The molecule has 2 atom stereocenters. The van der Waals surface area contributed by atoms with E-state index in [1.807, 2.05) is 33.8 Å². The first-order valence-electron chi connectivity index (χ1n) is 16.1. The zero-order valence-electron chi connectivity index (χ0n) is 26.1. The molecule has 4 aliphatic rings. The van der Waals surface area contributed by atoms with E-state index in [9.17, 15) is 4.79 Å². The molecular weight excluding hydrogens is 498 g/mol. The molecular formula is C39H59NO. The minimum atomic E-state index is 0. The van der Waals surface area contributed by atoms with Crippen LogP contribution >= 0.6 is 0 Å². The average Bonchev–Trinajstić information content (AvgIpc) is 3.30. The van der Waals surface area contributed by atoms with Gasteiger partial charge in [-0.2, -0.15) is 0 Å². The first kappa shape index (κ1) is 34.3. The monoisotopic (exact) mass is 557 g/mol. The molecule has 0 radical (unpaired) electrons. The van der Waals surface area contributed by atoms with Gasteiger partial charge in [0.15, 0.2) is 5.78 Å². The van der Waals surface area contributed by atoms with Crippen LogP contribution in [0.25, 0.3) is 0 Å². The maximum Gasteiger partial charge on any atom is 0.167 e. The van der Waals surface area contributed by atoms with E-state index in [0.29, 0.717) is 12.3 Å². The van der Waals surface area contributed by atoms with Crippen molar-refractivity contribution in [3.8, 4) is 0 Å². The Morgan fingerprint density at radius 3 is 2.39 bits per heavy atom. The van der Waals surface area contributed by atoms with Gasteiger partial charge >= 0.3 is 0 Å². The van der Waals surface area contributed by atoms with Crippen LogP contribution in [-0.2, 0) is 11.2 Å². The van der Waals surface area contributed by atoms with Crippen LogP contribution in [0.15, 0.2) is 94.8 Å². The molecule has 1 heterocycles. The lowest BCUT2D eigenvalue weighted by atomic mass is 9.80. The Balaban J connectivity index is 0.00000141. The molecule has 41 heavy (non-hydrogen) atoms. The van der Waals surface area contributed by atoms with Crippen LogP contribution in [0.1, 0.15) is 125 Å². The predicted octanol–water partition coefficient (Wildman–Crippen LogP) is 11.1. The number of hydrogen-bond acceptors (Lipinski definition) is 2. The molecule has 0 spiro atoms. The molecule has 0 saturated heterocycles. The van der Waals surface area contributed by atoms with Gasteiger partial charge in [-0.1, -0.05) is 129 Å². The van der Waals surface area contributed by atoms with Crippen LogP contribution in [0.2, 0.25) is 0 Å². The van der Waals surface area contributed by atoms with Gasteiger partial charge < -0.3 is 5.32 Å². The number of benzene rings is 1. The Kier molecular flexibility index (Phi) is 14.9. The molecule has 2 nitrogen and oxygen atoms in total. The van der Waals surface area contributed by atoms with E-state index in [-0.39, 0.29) is 20.7 Å². The predicted molar refractivity (Wildman–Crippen MR) is 182 cm³/mol. The molecule has 1 aromatic carbocycles. The molecule has 2 heteroatoms. The molecule has 1 saturated carbocycles. The minimum Gasteiger partial charge on any atom is -0.384 e. The normalized spacial score (nSPS) is 20.8. The van der Waals surface area contributed by atoms with Gasteiger partial charge in [0, 0.05) is 19.6 Å². The average molecular weight is 558 g/mol. The molecule has 0 amide bonds. The number of hydrogen-bond donors (Lipinski definition) is 1. The van der Waals surface area contributed by atoms with Crippen molar-refractivity contribution < 1.29 is 6.22 Å². The summed E-state index contributed by atoms with van der Waals surface area (Å²) in [5.74, 6) is 1.81. The highest BCUT2D eigenvalue weighted by atomic mass is 16.1. The molecule has 1 aliphatic heterocycles. The summed E-state index contributed by atoms with van der Waals surface area (Å²) in [6.07, 6.45) is 26.9. The van der Waals surface area contributed by atoms with Crippen molar-refractivity contribution >= 4 is 5.78 Å². The topological polar surface area (TPSA) is 29.1 Å². The van der Waals surface area contributed by atoms with Crippen LogP contribution in [0.4, 0.5) is 0 Å². The highest BCUT2D eigenvalue weighted by Gasteiger charge is 2.28. The Morgan fingerprint density at radius 2 is 1.68 bits per heavy atom. The Hall–Kier alpha value is -2.87. The van der Waals surface area contributed by atoms with Gasteiger partial charge in [0.05, 0.1) is 6.04 Å². The number of fused-ring (bicyclic) bond motifs is 1. The van der Waals surface area contributed by atoms with E-state index >= 15 is 0 Å². The Bertz CT molecular complexity index is 1160. The Labute approximate surface area is 254 Å². The van der Waals surface area contributed by atoms with Crippen LogP contribution < -0.4 is 5.32 Å². The summed E-state index contributed by atoms with van der Waals surface area (Å²) in [5.41, 5.74) is 8.32. The number of Topliss-reactive ketones (excluding diaryl/α,β-unsaturated/α-hetero) is 1. The maximum absolute atomic E-state index is 13.1. The first-order chi connectivity index (χ1) is 19.6. The van der Waals surface area contributed by atoms with E-state index in [0.717, 1.165) is 35.5 Å². The lowest BCUT2D eigenvalue weighted by Crippen LogP contribution is -2.34.